The van der Waals surface area contributed by atoms with Gasteiger partial charge in [0, 0.05) is 24.8 Å². The molecule has 1 N–H and O–H groups in total. The van der Waals surface area contributed by atoms with Crippen molar-refractivity contribution < 1.29 is 13.9 Å². The van der Waals surface area contributed by atoms with Crippen LogP contribution in [-0.4, -0.2) is 15.7 Å². The second-order valence-corrected chi connectivity index (χ2v) is 7.89. The van der Waals surface area contributed by atoms with Crippen molar-refractivity contribution in [2.75, 3.05) is 0 Å². The van der Waals surface area contributed by atoms with E-state index in [1.165, 1.54) is 5.56 Å². The first-order valence-electron chi connectivity index (χ1n) is 9.32. The molecule has 6 heteroatoms. The molecule has 0 aliphatic carbocycles. The minimum atomic E-state index is -0.260. The van der Waals surface area contributed by atoms with Gasteiger partial charge in [0.25, 0.3) is 5.91 Å². The van der Waals surface area contributed by atoms with Crippen LogP contribution >= 0.6 is 0 Å². The molecule has 1 amide bonds. The fourth-order valence-electron chi connectivity index (χ4n) is 2.76. The number of aromatic nitrogens is 2. The van der Waals surface area contributed by atoms with E-state index in [1.807, 2.05) is 26.1 Å². The van der Waals surface area contributed by atoms with E-state index in [0.717, 1.165) is 17.0 Å². The van der Waals surface area contributed by atoms with Gasteiger partial charge in [-0.25, -0.2) is 0 Å². The summed E-state index contributed by atoms with van der Waals surface area (Å²) in [7, 11) is 1.87. The number of amides is 1. The van der Waals surface area contributed by atoms with Crippen LogP contribution in [0.4, 0.5) is 0 Å². The van der Waals surface area contributed by atoms with Gasteiger partial charge in [-0.05, 0) is 42.2 Å². The van der Waals surface area contributed by atoms with Gasteiger partial charge in [-0.2, -0.15) is 5.10 Å². The van der Waals surface area contributed by atoms with Crippen LogP contribution in [0.3, 0.4) is 0 Å². The molecule has 3 rings (SSSR count). The smallest absolute Gasteiger partial charge is 0.287 e. The molecule has 0 aliphatic heterocycles. The Hall–Kier alpha value is -3.02. The zero-order valence-corrected chi connectivity index (χ0v) is 17.1. The summed E-state index contributed by atoms with van der Waals surface area (Å²) in [6.07, 6.45) is 1.75. The molecular formula is C22H27N3O3. The minimum Gasteiger partial charge on any atom is -0.486 e. The Balaban J connectivity index is 1.53. The third-order valence-corrected chi connectivity index (χ3v) is 4.76. The molecule has 0 spiro atoms. The van der Waals surface area contributed by atoms with Crippen molar-refractivity contribution in [1.82, 2.24) is 15.1 Å². The molecular weight excluding hydrogens is 354 g/mol. The molecule has 3 aromatic rings. The first kappa shape index (κ1) is 19.7. The van der Waals surface area contributed by atoms with E-state index in [0.29, 0.717) is 12.3 Å². The monoisotopic (exact) mass is 381 g/mol. The van der Waals surface area contributed by atoms with Crippen LogP contribution in [0.2, 0.25) is 0 Å². The minimum absolute atomic E-state index is 0.107. The van der Waals surface area contributed by atoms with Gasteiger partial charge in [0.1, 0.15) is 18.1 Å². The van der Waals surface area contributed by atoms with Crippen LogP contribution in [0, 0.1) is 6.92 Å². The predicted octanol–water partition coefficient (Wildman–Crippen LogP) is 4.13. The Labute approximate surface area is 165 Å². The molecule has 0 aliphatic rings. The first-order chi connectivity index (χ1) is 13.2. The van der Waals surface area contributed by atoms with Crippen molar-refractivity contribution in [2.45, 2.75) is 46.3 Å². The molecule has 0 saturated carbocycles. The van der Waals surface area contributed by atoms with Gasteiger partial charge < -0.3 is 14.5 Å². The van der Waals surface area contributed by atoms with E-state index in [-0.39, 0.29) is 23.7 Å². The van der Waals surface area contributed by atoms with Crippen LogP contribution < -0.4 is 10.1 Å². The zero-order valence-electron chi connectivity index (χ0n) is 17.1. The van der Waals surface area contributed by atoms with Crippen molar-refractivity contribution in [2.24, 2.45) is 7.05 Å². The maximum absolute atomic E-state index is 12.3. The summed E-state index contributed by atoms with van der Waals surface area (Å²) >= 11 is 0. The lowest BCUT2D eigenvalue weighted by atomic mass is 9.87. The van der Waals surface area contributed by atoms with Crippen molar-refractivity contribution >= 4 is 5.91 Å². The largest absolute Gasteiger partial charge is 0.486 e. The topological polar surface area (TPSA) is 69.3 Å². The highest BCUT2D eigenvalue weighted by Gasteiger charge is 2.14. The van der Waals surface area contributed by atoms with E-state index in [2.05, 4.69) is 43.3 Å². The van der Waals surface area contributed by atoms with Crippen LogP contribution in [0.25, 0.3) is 0 Å². The summed E-state index contributed by atoms with van der Waals surface area (Å²) < 4.78 is 13.2. The van der Waals surface area contributed by atoms with E-state index >= 15 is 0 Å². The quantitative estimate of drug-likeness (QED) is 0.697. The van der Waals surface area contributed by atoms with Gasteiger partial charge in [-0.15, -0.1) is 0 Å². The number of rotatable bonds is 6. The molecule has 0 unspecified atom stereocenters. The number of ether oxygens (including phenoxy) is 1. The average Bonchev–Trinajstić information content (AvgIpc) is 3.26. The molecule has 0 fully saturated rings. The summed E-state index contributed by atoms with van der Waals surface area (Å²) in [5.41, 5.74) is 3.35. The SMILES string of the molecule is Cc1c(CNC(=O)c2ccc(COc3ccc(C(C)(C)C)cc3)o2)cnn1C. The van der Waals surface area contributed by atoms with Crippen molar-refractivity contribution in [3.05, 3.63) is 70.9 Å². The molecule has 28 heavy (non-hydrogen) atoms. The standard InChI is InChI=1S/C22H27N3O3/c1-15-16(13-24-25(15)5)12-23-21(26)20-11-10-19(28-20)14-27-18-8-6-17(7-9-18)22(2,3)4/h6-11,13H,12,14H2,1-5H3,(H,23,26). The number of nitrogens with one attached hydrogen (secondary N) is 1. The van der Waals surface area contributed by atoms with E-state index in [4.69, 9.17) is 9.15 Å². The second kappa shape index (κ2) is 7.92. The molecule has 148 valence electrons. The molecule has 2 heterocycles. The number of carbonyl (C=O) groups excluding carboxylic acids is 1. The second-order valence-electron chi connectivity index (χ2n) is 7.89. The molecule has 0 radical (unpaired) electrons. The lowest BCUT2D eigenvalue weighted by Crippen LogP contribution is -2.22. The first-order valence-corrected chi connectivity index (χ1v) is 9.32. The van der Waals surface area contributed by atoms with Crippen LogP contribution in [0.1, 0.15) is 53.9 Å². The van der Waals surface area contributed by atoms with Gasteiger partial charge in [0.05, 0.1) is 6.20 Å². The number of nitrogens with zero attached hydrogens (tertiary/aromatic N) is 2. The van der Waals surface area contributed by atoms with Crippen molar-refractivity contribution in [3.63, 3.8) is 0 Å². The fraction of sp³-hybridized carbons (Fsp3) is 0.364. The van der Waals surface area contributed by atoms with Crippen LogP contribution in [-0.2, 0) is 25.6 Å². The molecule has 1 aromatic carbocycles. The number of aryl methyl sites for hydroxylation is 1. The lowest BCUT2D eigenvalue weighted by Gasteiger charge is -2.19. The van der Waals surface area contributed by atoms with Gasteiger partial charge in [-0.3, -0.25) is 9.48 Å². The zero-order chi connectivity index (χ0) is 20.3. The molecule has 6 nitrogen and oxygen atoms in total. The van der Waals surface area contributed by atoms with E-state index < -0.39 is 0 Å². The van der Waals surface area contributed by atoms with Crippen LogP contribution in [0.15, 0.2) is 47.0 Å². The Morgan fingerprint density at radius 3 is 2.50 bits per heavy atom. The maximum atomic E-state index is 12.3. The number of carbonyl (C=O) groups is 1. The Morgan fingerprint density at radius 2 is 1.89 bits per heavy atom. The summed E-state index contributed by atoms with van der Waals surface area (Å²) in [4.78, 5) is 12.3. The van der Waals surface area contributed by atoms with E-state index in [1.54, 1.807) is 23.0 Å². The maximum Gasteiger partial charge on any atom is 0.287 e. The van der Waals surface area contributed by atoms with Crippen molar-refractivity contribution in [3.8, 4) is 5.75 Å². The highest BCUT2D eigenvalue weighted by molar-refractivity contribution is 5.91. The molecule has 2 aromatic heterocycles. The number of hydrogen-bond donors (Lipinski definition) is 1. The summed E-state index contributed by atoms with van der Waals surface area (Å²) in [6.45, 7) is 9.16. The van der Waals surface area contributed by atoms with Crippen molar-refractivity contribution in [1.29, 1.82) is 0 Å². The molecule has 0 saturated heterocycles. The van der Waals surface area contributed by atoms with Gasteiger partial charge >= 0.3 is 0 Å². The Morgan fingerprint density at radius 1 is 1.18 bits per heavy atom. The van der Waals surface area contributed by atoms with Gasteiger partial charge in [-0.1, -0.05) is 32.9 Å². The molecule has 0 atom stereocenters. The Bertz CT molecular complexity index is 946. The predicted molar refractivity (Wildman–Crippen MR) is 107 cm³/mol. The van der Waals surface area contributed by atoms with Gasteiger partial charge in [0.2, 0.25) is 0 Å². The highest BCUT2D eigenvalue weighted by atomic mass is 16.5. The normalized spacial score (nSPS) is 11.5. The number of furan rings is 1. The Kier molecular flexibility index (Phi) is 5.58. The summed E-state index contributed by atoms with van der Waals surface area (Å²) in [6, 6.07) is 11.5. The third kappa shape index (κ3) is 4.63. The van der Waals surface area contributed by atoms with Gasteiger partial charge in [0.15, 0.2) is 5.76 Å². The van der Waals surface area contributed by atoms with Crippen LogP contribution in [0.5, 0.6) is 5.75 Å². The van der Waals surface area contributed by atoms with E-state index in [9.17, 15) is 4.79 Å². The lowest BCUT2D eigenvalue weighted by molar-refractivity contribution is 0.0919. The molecule has 0 bridgehead atoms. The number of benzene rings is 1. The highest BCUT2D eigenvalue weighted by Crippen LogP contribution is 2.24. The third-order valence-electron chi connectivity index (χ3n) is 4.76. The summed E-state index contributed by atoms with van der Waals surface area (Å²) in [5, 5.41) is 7.02. The fourth-order valence-corrected chi connectivity index (χ4v) is 2.76. The average molecular weight is 381 g/mol. The number of hydrogen-bond acceptors (Lipinski definition) is 4. The summed E-state index contributed by atoms with van der Waals surface area (Å²) in [5.74, 6) is 1.37.